The van der Waals surface area contributed by atoms with Gasteiger partial charge >= 0.3 is 0 Å². The van der Waals surface area contributed by atoms with Crippen LogP contribution in [0.4, 0.5) is 0 Å². The lowest BCUT2D eigenvalue weighted by Crippen LogP contribution is -2.28. The molecule has 3 aliphatic rings. The van der Waals surface area contributed by atoms with E-state index in [1.807, 2.05) is 22.7 Å². The lowest BCUT2D eigenvalue weighted by Gasteiger charge is -2.33. The SMILES string of the molecule is CCc1ccc(/C=C/c2cc3c(s2)C2CC4Sc5cc(/C=C/c6ccc(CC)cc6)sc5C4CC2S3)cc1. The van der Waals surface area contributed by atoms with Crippen LogP contribution >= 0.6 is 46.2 Å². The van der Waals surface area contributed by atoms with Crippen molar-refractivity contribution in [3.05, 3.63) is 102 Å². The van der Waals surface area contributed by atoms with Crippen molar-refractivity contribution in [2.24, 2.45) is 0 Å². The molecule has 38 heavy (non-hydrogen) atoms. The van der Waals surface area contributed by atoms with Crippen molar-refractivity contribution in [3.8, 4) is 0 Å². The highest BCUT2D eigenvalue weighted by molar-refractivity contribution is 8.01. The fourth-order valence-corrected chi connectivity index (χ4v) is 12.2. The first kappa shape index (κ1) is 25.0. The van der Waals surface area contributed by atoms with Crippen LogP contribution in [0.2, 0.25) is 0 Å². The van der Waals surface area contributed by atoms with E-state index in [1.165, 1.54) is 44.8 Å². The second kappa shape index (κ2) is 10.5. The number of benzene rings is 2. The highest BCUT2D eigenvalue weighted by Gasteiger charge is 2.48. The van der Waals surface area contributed by atoms with Gasteiger partial charge in [0.15, 0.2) is 0 Å². The molecule has 0 amide bonds. The van der Waals surface area contributed by atoms with Crippen LogP contribution in [0.5, 0.6) is 0 Å². The summed E-state index contributed by atoms with van der Waals surface area (Å²) in [6, 6.07) is 22.8. The quantitative estimate of drug-likeness (QED) is 0.227. The Balaban J connectivity index is 1.03. The van der Waals surface area contributed by atoms with E-state index in [4.69, 9.17) is 0 Å². The van der Waals surface area contributed by atoms with E-state index in [9.17, 15) is 0 Å². The Morgan fingerprint density at radius 1 is 0.605 bits per heavy atom. The molecule has 7 rings (SSSR count). The Morgan fingerprint density at radius 3 is 1.42 bits per heavy atom. The third-order valence-electron chi connectivity index (χ3n) is 8.24. The largest absolute Gasteiger partial charge is 0.139 e. The molecule has 4 atom stereocenters. The molecule has 0 radical (unpaired) electrons. The Labute approximate surface area is 243 Å². The van der Waals surface area contributed by atoms with Crippen LogP contribution in [0.1, 0.15) is 80.3 Å². The number of rotatable bonds is 6. The molecule has 0 nitrogen and oxygen atoms in total. The van der Waals surface area contributed by atoms with Gasteiger partial charge in [-0.3, -0.25) is 0 Å². The minimum absolute atomic E-state index is 0.735. The van der Waals surface area contributed by atoms with Gasteiger partial charge in [0.1, 0.15) is 0 Å². The standard InChI is InChI=1S/C34H32S4/c1-3-21-5-9-23(10-6-21)13-15-25-17-31-33(35-25)27-19-30-28(20-29(27)37-31)34-32(38-30)18-26(36-34)16-14-24-11-7-22(4-2)8-12-24/h5-18,27-30H,3-4,19-20H2,1-2H3/b15-13+,16-14+. The van der Waals surface area contributed by atoms with Gasteiger partial charge in [0, 0.05) is 51.6 Å². The summed E-state index contributed by atoms with van der Waals surface area (Å²) in [5.74, 6) is 1.47. The van der Waals surface area contributed by atoms with Gasteiger partial charge in [0.25, 0.3) is 0 Å². The molecule has 0 saturated heterocycles. The molecular weight excluding hydrogens is 537 g/mol. The van der Waals surface area contributed by atoms with E-state index in [2.05, 4.69) is 122 Å². The van der Waals surface area contributed by atoms with E-state index in [0.29, 0.717) is 0 Å². The molecule has 4 heteroatoms. The third kappa shape index (κ3) is 4.79. The van der Waals surface area contributed by atoms with Crippen molar-refractivity contribution in [1.82, 2.24) is 0 Å². The number of hydrogen-bond donors (Lipinski definition) is 0. The smallest absolute Gasteiger partial charge is 0.0285 e. The van der Waals surface area contributed by atoms with Crippen molar-refractivity contribution in [1.29, 1.82) is 0 Å². The van der Waals surface area contributed by atoms with E-state index in [0.717, 1.165) is 35.2 Å². The predicted octanol–water partition coefficient (Wildman–Crippen LogP) is 10.9. The first-order valence-corrected chi connectivity index (χ1v) is 17.2. The van der Waals surface area contributed by atoms with Crippen molar-refractivity contribution in [2.45, 2.75) is 71.7 Å². The molecule has 2 aromatic heterocycles. The van der Waals surface area contributed by atoms with Gasteiger partial charge in [-0.05, 0) is 72.2 Å². The van der Waals surface area contributed by atoms with Crippen LogP contribution in [-0.2, 0) is 12.8 Å². The summed E-state index contributed by atoms with van der Waals surface area (Å²) in [7, 11) is 0. The van der Waals surface area contributed by atoms with Crippen molar-refractivity contribution in [2.75, 3.05) is 0 Å². The van der Waals surface area contributed by atoms with E-state index in [1.54, 1.807) is 19.5 Å². The Hall–Kier alpha value is -1.98. The van der Waals surface area contributed by atoms with Crippen LogP contribution in [0, 0.1) is 0 Å². The fourth-order valence-electron chi connectivity index (χ4n) is 6.04. The molecule has 1 fully saturated rings. The lowest BCUT2D eigenvalue weighted by atomic mass is 9.80. The zero-order valence-corrected chi connectivity index (χ0v) is 25.1. The van der Waals surface area contributed by atoms with Crippen LogP contribution in [0.25, 0.3) is 24.3 Å². The summed E-state index contributed by atoms with van der Waals surface area (Å²) in [6.45, 7) is 4.42. The molecular formula is C34H32S4. The van der Waals surface area contributed by atoms with Gasteiger partial charge in [-0.1, -0.05) is 74.5 Å². The second-order valence-corrected chi connectivity index (χ2v) is 15.4. The number of fused-ring (bicyclic) bond motifs is 6. The molecule has 4 unspecified atom stereocenters. The van der Waals surface area contributed by atoms with Gasteiger partial charge in [0.2, 0.25) is 0 Å². The minimum atomic E-state index is 0.735. The number of hydrogen-bond acceptors (Lipinski definition) is 4. The van der Waals surface area contributed by atoms with Crippen molar-refractivity contribution >= 4 is 70.5 Å². The van der Waals surface area contributed by atoms with Gasteiger partial charge in [-0.25, -0.2) is 0 Å². The average Bonchev–Trinajstić information content (AvgIpc) is 3.69. The summed E-state index contributed by atoms with van der Waals surface area (Å²) < 4.78 is 0. The van der Waals surface area contributed by atoms with Gasteiger partial charge < -0.3 is 0 Å². The maximum absolute atomic E-state index is 2.45. The van der Waals surface area contributed by atoms with Gasteiger partial charge in [-0.15, -0.1) is 46.2 Å². The van der Waals surface area contributed by atoms with E-state index >= 15 is 0 Å². The molecule has 0 N–H and O–H groups in total. The van der Waals surface area contributed by atoms with Crippen LogP contribution in [-0.4, -0.2) is 10.5 Å². The van der Waals surface area contributed by atoms with Crippen molar-refractivity contribution in [3.63, 3.8) is 0 Å². The topological polar surface area (TPSA) is 0 Å². The molecule has 0 bridgehead atoms. The zero-order valence-electron chi connectivity index (χ0n) is 21.9. The molecule has 1 saturated carbocycles. The van der Waals surface area contributed by atoms with Gasteiger partial charge in [0.05, 0.1) is 0 Å². The highest BCUT2D eigenvalue weighted by Crippen LogP contribution is 2.63. The number of thiophene rings is 2. The summed E-state index contributed by atoms with van der Waals surface area (Å²) in [5.41, 5.74) is 5.39. The summed E-state index contributed by atoms with van der Waals surface area (Å²) in [4.78, 5) is 9.24. The monoisotopic (exact) mass is 568 g/mol. The fraction of sp³-hybridized carbons (Fsp3) is 0.294. The average molecular weight is 569 g/mol. The molecule has 2 aliphatic heterocycles. The third-order valence-corrected chi connectivity index (χ3v) is 13.8. The van der Waals surface area contributed by atoms with Crippen LogP contribution < -0.4 is 0 Å². The molecule has 2 aromatic carbocycles. The van der Waals surface area contributed by atoms with E-state index < -0.39 is 0 Å². The Morgan fingerprint density at radius 2 is 1.03 bits per heavy atom. The lowest BCUT2D eigenvalue weighted by molar-refractivity contribution is 0.435. The molecule has 0 spiro atoms. The number of thioether (sulfide) groups is 2. The molecule has 4 heterocycles. The Kier molecular flexibility index (Phi) is 6.94. The molecule has 1 aliphatic carbocycles. The first-order valence-electron chi connectivity index (χ1n) is 13.8. The van der Waals surface area contributed by atoms with Crippen molar-refractivity contribution < 1.29 is 0 Å². The Bertz CT molecular complexity index is 1380. The maximum Gasteiger partial charge on any atom is 0.0285 e. The van der Waals surface area contributed by atoms with Crippen LogP contribution in [0.3, 0.4) is 0 Å². The molecule has 192 valence electrons. The molecule has 4 aromatic rings. The highest BCUT2D eigenvalue weighted by atomic mass is 32.2. The summed E-state index contributed by atoms with van der Waals surface area (Å²) in [6.07, 6.45) is 14.0. The second-order valence-electron chi connectivity index (χ2n) is 10.6. The minimum Gasteiger partial charge on any atom is -0.139 e. The summed E-state index contributed by atoms with van der Waals surface area (Å²) >= 11 is 8.41. The normalized spacial score (nSPS) is 23.6. The predicted molar refractivity (Wildman–Crippen MR) is 172 cm³/mol. The summed E-state index contributed by atoms with van der Waals surface area (Å²) in [5, 5.41) is 1.50. The van der Waals surface area contributed by atoms with Crippen LogP contribution in [0.15, 0.2) is 70.5 Å². The maximum atomic E-state index is 2.45. The first-order chi connectivity index (χ1) is 18.7. The van der Waals surface area contributed by atoms with E-state index in [-0.39, 0.29) is 0 Å². The van der Waals surface area contributed by atoms with Gasteiger partial charge in [-0.2, -0.15) is 0 Å². The zero-order chi connectivity index (χ0) is 25.6. The number of aryl methyl sites for hydroxylation is 2.